The molecule has 0 aliphatic carbocycles. The number of ether oxygens (including phenoxy) is 1. The van der Waals surface area contributed by atoms with Crippen LogP contribution in [-0.4, -0.2) is 26.6 Å². The number of carbonyl (C=O) groups is 1. The standard InChI is InChI=1S/C25H48Cl2O2Si/c1-23(2)24(28)29-21-19-17-15-13-11-9-7-5-3-4-6-8-10-12-14-16-18-20-22-30-25(26)27/h25H,1,3-22,30H2,2H3. The van der Waals surface area contributed by atoms with Crippen LogP contribution in [0.3, 0.4) is 0 Å². The molecule has 0 unspecified atom stereocenters. The Kier molecular flexibility index (Phi) is 23.7. The Morgan fingerprint density at radius 2 is 1.03 bits per heavy atom. The second kappa shape index (κ2) is 23.7. The van der Waals surface area contributed by atoms with Crippen molar-refractivity contribution in [1.29, 1.82) is 0 Å². The number of hydrogen-bond acceptors (Lipinski definition) is 2. The van der Waals surface area contributed by atoms with Gasteiger partial charge in [0.25, 0.3) is 0 Å². The van der Waals surface area contributed by atoms with Gasteiger partial charge in [-0.15, -0.1) is 23.2 Å². The zero-order valence-corrected chi connectivity index (χ0v) is 22.6. The van der Waals surface area contributed by atoms with Gasteiger partial charge in [0.05, 0.1) is 20.6 Å². The molecule has 0 saturated heterocycles. The van der Waals surface area contributed by atoms with Crippen LogP contribution in [0.4, 0.5) is 0 Å². The van der Waals surface area contributed by atoms with Crippen molar-refractivity contribution < 1.29 is 9.53 Å². The fraction of sp³-hybridized carbons (Fsp3) is 0.880. The van der Waals surface area contributed by atoms with Crippen molar-refractivity contribution in [2.75, 3.05) is 6.61 Å². The average molecular weight is 480 g/mol. The molecule has 2 nitrogen and oxygen atoms in total. The lowest BCUT2D eigenvalue weighted by atomic mass is 10.0. The van der Waals surface area contributed by atoms with Crippen LogP contribution < -0.4 is 0 Å². The third-order valence-corrected chi connectivity index (χ3v) is 8.30. The predicted molar refractivity (Wildman–Crippen MR) is 138 cm³/mol. The largest absolute Gasteiger partial charge is 0.462 e. The van der Waals surface area contributed by atoms with E-state index in [0.29, 0.717) is 12.2 Å². The van der Waals surface area contributed by atoms with Gasteiger partial charge in [-0.25, -0.2) is 4.79 Å². The number of carbonyl (C=O) groups excluding carboxylic acids is 1. The number of alkyl halides is 2. The summed E-state index contributed by atoms with van der Waals surface area (Å²) in [6.07, 6.45) is 24.3. The Labute approximate surface area is 199 Å². The summed E-state index contributed by atoms with van der Waals surface area (Å²) in [6, 6.07) is 1.31. The summed E-state index contributed by atoms with van der Waals surface area (Å²) in [7, 11) is -0.212. The molecule has 0 radical (unpaired) electrons. The van der Waals surface area contributed by atoms with Crippen molar-refractivity contribution in [3.63, 3.8) is 0 Å². The molecule has 0 rings (SSSR count). The summed E-state index contributed by atoms with van der Waals surface area (Å²) in [5.74, 6) is -0.258. The zero-order valence-electron chi connectivity index (χ0n) is 19.7. The van der Waals surface area contributed by atoms with Gasteiger partial charge < -0.3 is 4.74 Å². The minimum absolute atomic E-state index is 0.0345. The molecule has 0 aliphatic heterocycles. The first kappa shape index (κ1) is 30.0. The van der Waals surface area contributed by atoms with Crippen molar-refractivity contribution in [2.45, 2.75) is 133 Å². The molecule has 0 N–H and O–H groups in total. The second-order valence-electron chi connectivity index (χ2n) is 8.81. The van der Waals surface area contributed by atoms with E-state index in [1.54, 1.807) is 6.92 Å². The Morgan fingerprint density at radius 3 is 1.37 bits per heavy atom. The van der Waals surface area contributed by atoms with Crippen molar-refractivity contribution in [2.24, 2.45) is 0 Å². The van der Waals surface area contributed by atoms with Crippen LogP contribution in [-0.2, 0) is 9.53 Å². The lowest BCUT2D eigenvalue weighted by Crippen LogP contribution is -2.05. The molecule has 0 aromatic carbocycles. The van der Waals surface area contributed by atoms with Crippen molar-refractivity contribution >= 4 is 38.7 Å². The molecule has 0 aliphatic rings. The van der Waals surface area contributed by atoms with Crippen molar-refractivity contribution in [3.05, 3.63) is 12.2 Å². The van der Waals surface area contributed by atoms with E-state index >= 15 is 0 Å². The first-order chi connectivity index (χ1) is 14.5. The van der Waals surface area contributed by atoms with Gasteiger partial charge in [0, 0.05) is 5.57 Å². The Balaban J connectivity index is 3.07. The molecule has 0 aromatic rings. The quantitative estimate of drug-likeness (QED) is 0.0483. The lowest BCUT2D eigenvalue weighted by Gasteiger charge is -2.05. The first-order valence-corrected chi connectivity index (χ1v) is 15.3. The molecule has 0 fully saturated rings. The van der Waals surface area contributed by atoms with E-state index in [2.05, 4.69) is 6.58 Å². The highest BCUT2D eigenvalue weighted by molar-refractivity contribution is 6.68. The van der Waals surface area contributed by atoms with E-state index in [0.717, 1.165) is 12.8 Å². The van der Waals surface area contributed by atoms with E-state index in [1.165, 1.54) is 109 Å². The van der Waals surface area contributed by atoms with Gasteiger partial charge in [-0.05, 0) is 13.3 Å². The van der Waals surface area contributed by atoms with Gasteiger partial charge in [-0.1, -0.05) is 122 Å². The highest BCUT2D eigenvalue weighted by Gasteiger charge is 2.02. The molecule has 0 heterocycles. The third-order valence-electron chi connectivity index (χ3n) is 5.65. The minimum atomic E-state index is -0.258. The van der Waals surface area contributed by atoms with Gasteiger partial charge in [0.1, 0.15) is 0 Å². The van der Waals surface area contributed by atoms with Gasteiger partial charge in [-0.2, -0.15) is 0 Å². The second-order valence-corrected chi connectivity index (χ2v) is 13.2. The Bertz CT molecular complexity index is 403. The minimum Gasteiger partial charge on any atom is -0.462 e. The van der Waals surface area contributed by atoms with Gasteiger partial charge in [-0.3, -0.25) is 0 Å². The third kappa shape index (κ3) is 24.3. The number of esters is 1. The maximum atomic E-state index is 11.2. The molecule has 0 amide bonds. The highest BCUT2D eigenvalue weighted by Crippen LogP contribution is 2.15. The Hall–Kier alpha value is 0.00688. The molecular formula is C25H48Cl2O2Si. The van der Waals surface area contributed by atoms with E-state index in [-0.39, 0.29) is 19.9 Å². The number of halogens is 2. The number of rotatable bonds is 23. The summed E-state index contributed by atoms with van der Waals surface area (Å²) in [5.41, 5.74) is 0.488. The van der Waals surface area contributed by atoms with E-state index in [1.807, 2.05) is 0 Å². The number of hydrogen-bond donors (Lipinski definition) is 0. The predicted octanol–water partition coefficient (Wildman–Crippen LogP) is 8.48. The molecule has 30 heavy (non-hydrogen) atoms. The van der Waals surface area contributed by atoms with E-state index in [4.69, 9.17) is 27.9 Å². The molecule has 0 saturated carbocycles. The van der Waals surface area contributed by atoms with Crippen LogP contribution in [0.5, 0.6) is 0 Å². The lowest BCUT2D eigenvalue weighted by molar-refractivity contribution is -0.139. The zero-order chi connectivity index (χ0) is 22.3. The molecule has 5 heteroatoms. The SMILES string of the molecule is C=C(C)C(=O)OCCCCCCCCCCCCCCCCCCCC[SiH2]C(Cl)Cl. The fourth-order valence-corrected chi connectivity index (χ4v) is 5.57. The molecular weight excluding hydrogens is 431 g/mol. The van der Waals surface area contributed by atoms with Crippen LogP contribution in [0.1, 0.15) is 122 Å². The first-order valence-electron chi connectivity index (χ1n) is 12.6. The molecule has 0 atom stereocenters. The maximum absolute atomic E-state index is 11.2. The summed E-state index contributed by atoms with van der Waals surface area (Å²) in [5, 5.41) is 0. The molecule has 178 valence electrons. The van der Waals surface area contributed by atoms with Crippen LogP contribution >= 0.6 is 23.2 Å². The van der Waals surface area contributed by atoms with E-state index in [9.17, 15) is 4.79 Å². The molecule has 0 bridgehead atoms. The van der Waals surface area contributed by atoms with Gasteiger partial charge >= 0.3 is 5.97 Å². The van der Waals surface area contributed by atoms with Crippen LogP contribution in [0.2, 0.25) is 6.04 Å². The highest BCUT2D eigenvalue weighted by atomic mass is 35.5. The van der Waals surface area contributed by atoms with E-state index < -0.39 is 0 Å². The smallest absolute Gasteiger partial charge is 0.333 e. The maximum Gasteiger partial charge on any atom is 0.333 e. The summed E-state index contributed by atoms with van der Waals surface area (Å²) in [6.45, 7) is 5.81. The monoisotopic (exact) mass is 478 g/mol. The summed E-state index contributed by atoms with van der Waals surface area (Å²) >= 11 is 11.6. The van der Waals surface area contributed by atoms with Gasteiger partial charge in [0.15, 0.2) is 0 Å². The normalized spacial score (nSPS) is 11.6. The van der Waals surface area contributed by atoms with Crippen molar-refractivity contribution in [1.82, 2.24) is 0 Å². The van der Waals surface area contributed by atoms with Crippen LogP contribution in [0, 0.1) is 0 Å². The topological polar surface area (TPSA) is 26.3 Å². The molecule has 0 aromatic heterocycles. The van der Waals surface area contributed by atoms with Crippen molar-refractivity contribution in [3.8, 4) is 0 Å². The van der Waals surface area contributed by atoms with Crippen LogP contribution in [0.25, 0.3) is 0 Å². The fourth-order valence-electron chi connectivity index (χ4n) is 3.69. The molecule has 0 spiro atoms. The number of unbranched alkanes of at least 4 members (excludes halogenated alkanes) is 17. The summed E-state index contributed by atoms with van der Waals surface area (Å²) in [4.78, 5) is 11.2. The summed E-state index contributed by atoms with van der Waals surface area (Å²) < 4.78 is 5.07. The van der Waals surface area contributed by atoms with Crippen LogP contribution in [0.15, 0.2) is 12.2 Å². The average Bonchev–Trinajstić information content (AvgIpc) is 2.71. The van der Waals surface area contributed by atoms with Gasteiger partial charge in [0.2, 0.25) is 0 Å². The Morgan fingerprint density at radius 1 is 0.700 bits per heavy atom.